The number of carbonyl (C=O) groups excluding carboxylic acids is 1. The molecule has 5 nitrogen and oxygen atoms in total. The first-order valence-corrected chi connectivity index (χ1v) is 10.3. The number of aliphatic hydroxyl groups excluding tert-OH is 1. The number of likely N-dealkylation sites (tertiary alicyclic amines) is 1. The van der Waals surface area contributed by atoms with E-state index in [2.05, 4.69) is 22.4 Å². The van der Waals surface area contributed by atoms with E-state index < -0.39 is 0 Å². The molecular weight excluding hydrogens is 350 g/mol. The van der Waals surface area contributed by atoms with Crippen molar-refractivity contribution in [3.63, 3.8) is 0 Å². The van der Waals surface area contributed by atoms with E-state index in [1.807, 2.05) is 35.2 Å². The van der Waals surface area contributed by atoms with E-state index >= 15 is 0 Å². The third-order valence-electron chi connectivity index (χ3n) is 6.29. The van der Waals surface area contributed by atoms with Gasteiger partial charge < -0.3 is 15.3 Å². The number of nitrogens with zero attached hydrogens (tertiary/aromatic N) is 2. The van der Waals surface area contributed by atoms with Crippen LogP contribution in [0.4, 0.5) is 0 Å². The first kappa shape index (κ1) is 19.1. The van der Waals surface area contributed by atoms with E-state index in [-0.39, 0.29) is 30.5 Å². The summed E-state index contributed by atoms with van der Waals surface area (Å²) in [6.45, 7) is 1.77. The number of pyridine rings is 1. The van der Waals surface area contributed by atoms with Crippen molar-refractivity contribution in [3.8, 4) is 0 Å². The number of hydrogen-bond acceptors (Lipinski definition) is 4. The Balaban J connectivity index is 1.49. The number of rotatable bonds is 8. The molecule has 1 aromatic carbocycles. The van der Waals surface area contributed by atoms with Gasteiger partial charge in [0.2, 0.25) is 5.91 Å². The second-order valence-corrected chi connectivity index (χ2v) is 8.05. The van der Waals surface area contributed by atoms with Crippen LogP contribution in [0.5, 0.6) is 0 Å². The summed E-state index contributed by atoms with van der Waals surface area (Å²) in [7, 11) is 0. The molecule has 3 atom stereocenters. The largest absolute Gasteiger partial charge is 0.394 e. The summed E-state index contributed by atoms with van der Waals surface area (Å²) in [4.78, 5) is 19.1. The fourth-order valence-corrected chi connectivity index (χ4v) is 4.56. The molecule has 1 saturated heterocycles. The summed E-state index contributed by atoms with van der Waals surface area (Å²) in [5.74, 6) is 1.01. The van der Waals surface area contributed by atoms with Gasteiger partial charge in [-0.05, 0) is 42.5 Å². The lowest BCUT2D eigenvalue weighted by molar-refractivity contribution is -0.149. The van der Waals surface area contributed by atoms with Crippen molar-refractivity contribution in [2.45, 2.75) is 43.7 Å². The number of benzene rings is 1. The number of amides is 1. The smallest absolute Gasteiger partial charge is 0.227 e. The Labute approximate surface area is 166 Å². The van der Waals surface area contributed by atoms with Gasteiger partial charge in [0.1, 0.15) is 0 Å². The van der Waals surface area contributed by atoms with Crippen LogP contribution in [0.2, 0.25) is 0 Å². The Hall–Kier alpha value is -2.24. The lowest BCUT2D eigenvalue weighted by atomic mass is 9.74. The molecule has 1 amide bonds. The van der Waals surface area contributed by atoms with Crippen molar-refractivity contribution in [2.75, 3.05) is 19.7 Å². The molecule has 0 bridgehead atoms. The van der Waals surface area contributed by atoms with Crippen molar-refractivity contribution < 1.29 is 9.90 Å². The SMILES string of the molecule is O=C(Cc1cccnc1)N1[C@H](CO)[C@H](c2ccccc2)[C@@H]1CNCC1CCC1. The molecule has 1 aromatic heterocycles. The van der Waals surface area contributed by atoms with Crippen LogP contribution in [0.1, 0.15) is 36.3 Å². The maximum absolute atomic E-state index is 13.1. The van der Waals surface area contributed by atoms with Gasteiger partial charge >= 0.3 is 0 Å². The van der Waals surface area contributed by atoms with E-state index in [4.69, 9.17) is 0 Å². The molecule has 0 radical (unpaired) electrons. The van der Waals surface area contributed by atoms with Crippen molar-refractivity contribution >= 4 is 5.91 Å². The zero-order valence-electron chi connectivity index (χ0n) is 16.2. The zero-order chi connectivity index (χ0) is 19.3. The fraction of sp³-hybridized carbons (Fsp3) is 0.478. The van der Waals surface area contributed by atoms with Gasteiger partial charge in [-0.25, -0.2) is 0 Å². The summed E-state index contributed by atoms with van der Waals surface area (Å²) in [5, 5.41) is 13.6. The predicted octanol–water partition coefficient (Wildman–Crippen LogP) is 2.37. The predicted molar refractivity (Wildman–Crippen MR) is 109 cm³/mol. The van der Waals surface area contributed by atoms with E-state index in [0.29, 0.717) is 6.42 Å². The van der Waals surface area contributed by atoms with Crippen molar-refractivity contribution in [1.82, 2.24) is 15.2 Å². The third-order valence-corrected chi connectivity index (χ3v) is 6.29. The Morgan fingerprint density at radius 2 is 1.93 bits per heavy atom. The molecule has 1 aliphatic heterocycles. The number of hydrogen-bond donors (Lipinski definition) is 2. The normalized spacial score (nSPS) is 24.5. The minimum absolute atomic E-state index is 0.0164. The van der Waals surface area contributed by atoms with E-state index in [1.54, 1.807) is 12.4 Å². The van der Waals surface area contributed by atoms with Gasteiger partial charge in [0.25, 0.3) is 0 Å². The Morgan fingerprint density at radius 1 is 1.11 bits per heavy atom. The van der Waals surface area contributed by atoms with E-state index in [1.165, 1.54) is 24.8 Å². The van der Waals surface area contributed by atoms with Crippen molar-refractivity contribution in [2.24, 2.45) is 5.92 Å². The van der Waals surface area contributed by atoms with E-state index in [9.17, 15) is 9.90 Å². The highest BCUT2D eigenvalue weighted by atomic mass is 16.3. The molecule has 4 rings (SSSR count). The Morgan fingerprint density at radius 3 is 2.57 bits per heavy atom. The molecule has 2 aromatic rings. The second kappa shape index (κ2) is 8.84. The number of aromatic nitrogens is 1. The number of aliphatic hydroxyl groups is 1. The average Bonchev–Trinajstić information content (AvgIpc) is 2.67. The third kappa shape index (κ3) is 3.96. The summed E-state index contributed by atoms with van der Waals surface area (Å²) in [6.07, 6.45) is 7.73. The first-order valence-electron chi connectivity index (χ1n) is 10.3. The van der Waals surface area contributed by atoms with Crippen LogP contribution in [0, 0.1) is 5.92 Å². The monoisotopic (exact) mass is 379 g/mol. The minimum atomic E-state index is -0.165. The van der Waals surface area contributed by atoms with Crippen LogP contribution in [0.25, 0.3) is 0 Å². The fourth-order valence-electron chi connectivity index (χ4n) is 4.56. The summed E-state index contributed by atoms with van der Waals surface area (Å²) in [5.41, 5.74) is 2.11. The molecule has 148 valence electrons. The average molecular weight is 380 g/mol. The van der Waals surface area contributed by atoms with Crippen LogP contribution in [-0.4, -0.2) is 52.7 Å². The van der Waals surface area contributed by atoms with Crippen LogP contribution >= 0.6 is 0 Å². The van der Waals surface area contributed by atoms with Crippen LogP contribution < -0.4 is 5.32 Å². The van der Waals surface area contributed by atoms with Gasteiger partial charge in [-0.2, -0.15) is 0 Å². The second-order valence-electron chi connectivity index (χ2n) is 8.05. The Bertz CT molecular complexity index is 764. The summed E-state index contributed by atoms with van der Waals surface area (Å²) < 4.78 is 0. The molecule has 0 unspecified atom stereocenters. The van der Waals surface area contributed by atoms with Crippen LogP contribution in [-0.2, 0) is 11.2 Å². The van der Waals surface area contributed by atoms with Crippen molar-refractivity contribution in [3.05, 3.63) is 66.0 Å². The topological polar surface area (TPSA) is 65.5 Å². The first-order chi connectivity index (χ1) is 13.8. The van der Waals surface area contributed by atoms with Gasteiger partial charge in [0.05, 0.1) is 25.1 Å². The lowest BCUT2D eigenvalue weighted by Crippen LogP contribution is -2.68. The maximum Gasteiger partial charge on any atom is 0.227 e. The van der Waals surface area contributed by atoms with E-state index in [0.717, 1.165) is 24.6 Å². The molecule has 2 fully saturated rings. The highest BCUT2D eigenvalue weighted by Gasteiger charge is 2.50. The molecule has 2 heterocycles. The molecule has 0 spiro atoms. The molecular formula is C23H29N3O2. The number of nitrogens with one attached hydrogen (secondary N) is 1. The highest BCUT2D eigenvalue weighted by Crippen LogP contribution is 2.40. The highest BCUT2D eigenvalue weighted by molar-refractivity contribution is 5.81. The lowest BCUT2D eigenvalue weighted by Gasteiger charge is -2.55. The van der Waals surface area contributed by atoms with Gasteiger partial charge in [-0.15, -0.1) is 0 Å². The standard InChI is InChI=1S/C23H29N3O2/c27-16-21-23(19-9-2-1-3-10-19)20(15-25-13-17-6-4-7-17)26(21)22(28)12-18-8-5-11-24-14-18/h1-3,5,8-11,14,17,20-21,23,25,27H,4,6-7,12-13,15-16H2/t20-,21+,23+/m0/s1. The van der Waals surface area contributed by atoms with Gasteiger partial charge in [-0.3, -0.25) is 9.78 Å². The summed E-state index contributed by atoms with van der Waals surface area (Å²) >= 11 is 0. The Kier molecular flexibility index (Phi) is 6.03. The molecule has 1 saturated carbocycles. The molecule has 2 N–H and O–H groups in total. The van der Waals surface area contributed by atoms with Crippen molar-refractivity contribution in [1.29, 1.82) is 0 Å². The van der Waals surface area contributed by atoms with Gasteiger partial charge in [0.15, 0.2) is 0 Å². The van der Waals surface area contributed by atoms with Gasteiger partial charge in [-0.1, -0.05) is 42.8 Å². The minimum Gasteiger partial charge on any atom is -0.394 e. The number of carbonyl (C=O) groups is 1. The summed E-state index contributed by atoms with van der Waals surface area (Å²) in [6, 6.07) is 14.0. The van der Waals surface area contributed by atoms with Gasteiger partial charge in [0, 0.05) is 24.9 Å². The molecule has 1 aliphatic carbocycles. The van der Waals surface area contributed by atoms with Crippen LogP contribution in [0.3, 0.4) is 0 Å². The molecule has 2 aliphatic rings. The quantitative estimate of drug-likeness (QED) is 0.739. The zero-order valence-corrected chi connectivity index (χ0v) is 16.2. The maximum atomic E-state index is 13.1. The molecule has 5 heteroatoms. The molecule has 28 heavy (non-hydrogen) atoms. The van der Waals surface area contributed by atoms with Crippen LogP contribution in [0.15, 0.2) is 54.9 Å².